The molecule has 24 heavy (non-hydrogen) atoms. The van der Waals surface area contributed by atoms with Crippen molar-refractivity contribution in [1.82, 2.24) is 20.4 Å². The lowest BCUT2D eigenvalue weighted by molar-refractivity contribution is -0.140. The lowest BCUT2D eigenvalue weighted by atomic mass is 10.5. The van der Waals surface area contributed by atoms with Gasteiger partial charge in [0.15, 0.2) is 0 Å². The van der Waals surface area contributed by atoms with E-state index in [-0.39, 0.29) is 25.3 Å². The van der Waals surface area contributed by atoms with E-state index in [1.165, 1.54) is 9.80 Å². The third-order valence-electron chi connectivity index (χ3n) is 3.46. The number of nitrogens with zero attached hydrogens (tertiary/aromatic N) is 2. The van der Waals surface area contributed by atoms with Crippen molar-refractivity contribution in [2.24, 2.45) is 0 Å². The molecule has 0 radical (unpaired) electrons. The summed E-state index contributed by atoms with van der Waals surface area (Å²) in [6, 6.07) is -0.367. The van der Waals surface area contributed by atoms with E-state index in [0.717, 1.165) is 12.2 Å². The third-order valence-corrected chi connectivity index (χ3v) is 3.46. The van der Waals surface area contributed by atoms with Crippen LogP contribution in [0.25, 0.3) is 0 Å². The monoisotopic (exact) mass is 340 g/mol. The van der Waals surface area contributed by atoms with E-state index in [4.69, 9.17) is 9.47 Å². The van der Waals surface area contributed by atoms with E-state index in [2.05, 4.69) is 10.6 Å². The number of rotatable bonds is 8. The second-order valence-corrected chi connectivity index (χ2v) is 5.11. The minimum atomic E-state index is -0.689. The summed E-state index contributed by atoms with van der Waals surface area (Å²) in [5, 5.41) is 5.27. The summed E-state index contributed by atoms with van der Waals surface area (Å²) in [4.78, 5) is 48.4. The third kappa shape index (κ3) is 5.45. The molecule has 2 heterocycles. The van der Waals surface area contributed by atoms with Gasteiger partial charge in [0.05, 0.1) is 13.1 Å². The van der Waals surface area contributed by atoms with Gasteiger partial charge in [-0.05, 0) is 0 Å². The van der Waals surface area contributed by atoms with Crippen LogP contribution >= 0.6 is 0 Å². The molecule has 0 bridgehead atoms. The molecule has 0 aromatic rings. The first-order valence-corrected chi connectivity index (χ1v) is 7.63. The smallest absolute Gasteiger partial charge is 0.331 e. The maximum atomic E-state index is 11.4. The van der Waals surface area contributed by atoms with E-state index >= 15 is 0 Å². The number of hydrogen-bond acceptors (Lipinski definition) is 6. The van der Waals surface area contributed by atoms with Crippen LogP contribution in [0, 0.1) is 0 Å². The number of ether oxygens (including phenoxy) is 2. The molecule has 2 aliphatic heterocycles. The van der Waals surface area contributed by atoms with Crippen LogP contribution < -0.4 is 10.6 Å². The quantitative estimate of drug-likeness (QED) is 0.418. The Bertz CT molecular complexity index is 489. The van der Waals surface area contributed by atoms with Gasteiger partial charge in [-0.2, -0.15) is 0 Å². The van der Waals surface area contributed by atoms with Crippen molar-refractivity contribution < 1.29 is 28.7 Å². The van der Waals surface area contributed by atoms with Gasteiger partial charge < -0.3 is 29.9 Å². The minimum Gasteiger partial charge on any atom is -0.461 e. The number of urea groups is 2. The van der Waals surface area contributed by atoms with Crippen molar-refractivity contribution in [2.45, 2.75) is 0 Å². The molecule has 0 aromatic heterocycles. The molecule has 0 spiro atoms. The number of carbonyl (C=O) groups excluding carboxylic acids is 4. The molecule has 2 saturated heterocycles. The van der Waals surface area contributed by atoms with E-state index in [9.17, 15) is 19.2 Å². The first kappa shape index (κ1) is 17.6. The lowest BCUT2D eigenvalue weighted by Crippen LogP contribution is -2.31. The number of nitrogens with one attached hydrogen (secondary N) is 2. The molecular formula is C14H20N4O6. The van der Waals surface area contributed by atoms with Crippen LogP contribution in [-0.2, 0) is 19.1 Å². The Kier molecular flexibility index (Phi) is 6.41. The molecule has 10 heteroatoms. The van der Waals surface area contributed by atoms with Gasteiger partial charge in [-0.1, -0.05) is 0 Å². The van der Waals surface area contributed by atoms with Crippen LogP contribution in [0.3, 0.4) is 0 Å². The number of amides is 4. The molecule has 2 rings (SSSR count). The Morgan fingerprint density at radius 2 is 1.29 bits per heavy atom. The summed E-state index contributed by atoms with van der Waals surface area (Å²) in [6.45, 7) is 3.02. The maximum absolute atomic E-state index is 11.4. The van der Waals surface area contributed by atoms with Crippen molar-refractivity contribution in [2.75, 3.05) is 52.5 Å². The van der Waals surface area contributed by atoms with Gasteiger partial charge in [0.25, 0.3) is 0 Å². The second-order valence-electron chi connectivity index (χ2n) is 5.11. The Balaban J connectivity index is 1.55. The summed E-state index contributed by atoms with van der Waals surface area (Å²) < 4.78 is 9.77. The fraction of sp³-hybridized carbons (Fsp3) is 0.571. The molecule has 2 aliphatic rings. The minimum absolute atomic E-state index is 0.0513. The SMILES string of the molecule is O=C(C=CC(=O)OCCN1CCNC1=O)OCCN1CCNC1=O. The topological polar surface area (TPSA) is 117 Å². The van der Waals surface area contributed by atoms with Crippen molar-refractivity contribution >= 4 is 24.0 Å². The second kappa shape index (κ2) is 8.75. The van der Waals surface area contributed by atoms with Gasteiger partial charge >= 0.3 is 24.0 Å². The summed E-state index contributed by atoms with van der Waals surface area (Å²) in [6.07, 6.45) is 1.93. The normalized spacial score (nSPS) is 17.2. The zero-order chi connectivity index (χ0) is 17.4. The molecule has 2 fully saturated rings. The van der Waals surface area contributed by atoms with Crippen LogP contribution in [0.1, 0.15) is 0 Å². The molecular weight excluding hydrogens is 320 g/mol. The molecule has 0 saturated carbocycles. The van der Waals surface area contributed by atoms with Gasteiger partial charge in [-0.15, -0.1) is 0 Å². The van der Waals surface area contributed by atoms with E-state index in [1.54, 1.807) is 0 Å². The highest BCUT2D eigenvalue weighted by Gasteiger charge is 2.19. The Labute approximate surface area is 138 Å². The average molecular weight is 340 g/mol. The summed E-state index contributed by atoms with van der Waals surface area (Å²) in [5.41, 5.74) is 0. The molecule has 2 N–H and O–H groups in total. The highest BCUT2D eigenvalue weighted by Crippen LogP contribution is 1.97. The Morgan fingerprint density at radius 1 is 0.875 bits per heavy atom. The molecule has 10 nitrogen and oxygen atoms in total. The lowest BCUT2D eigenvalue weighted by Gasteiger charge is -2.13. The van der Waals surface area contributed by atoms with Gasteiger partial charge in [-0.3, -0.25) is 0 Å². The number of esters is 2. The first-order chi connectivity index (χ1) is 11.6. The van der Waals surface area contributed by atoms with Crippen LogP contribution in [-0.4, -0.2) is 86.3 Å². The summed E-state index contributed by atoms with van der Waals surface area (Å²) >= 11 is 0. The van der Waals surface area contributed by atoms with Crippen LogP contribution in [0.4, 0.5) is 9.59 Å². The molecule has 0 atom stereocenters. The Morgan fingerprint density at radius 3 is 1.62 bits per heavy atom. The van der Waals surface area contributed by atoms with E-state index in [0.29, 0.717) is 39.3 Å². The molecule has 132 valence electrons. The largest absolute Gasteiger partial charge is 0.461 e. The number of hydrogen-bond donors (Lipinski definition) is 2. The highest BCUT2D eigenvalue weighted by atomic mass is 16.5. The van der Waals surface area contributed by atoms with Gasteiger partial charge in [-0.25, -0.2) is 19.2 Å². The number of carbonyl (C=O) groups is 4. The maximum Gasteiger partial charge on any atom is 0.331 e. The van der Waals surface area contributed by atoms with Crippen molar-refractivity contribution in [3.8, 4) is 0 Å². The molecule has 4 amide bonds. The highest BCUT2D eigenvalue weighted by molar-refractivity contribution is 5.91. The van der Waals surface area contributed by atoms with Gasteiger partial charge in [0.2, 0.25) is 0 Å². The zero-order valence-electron chi connectivity index (χ0n) is 13.2. The summed E-state index contributed by atoms with van der Waals surface area (Å²) in [5.74, 6) is -1.38. The fourth-order valence-corrected chi connectivity index (χ4v) is 2.19. The average Bonchev–Trinajstić information content (AvgIpc) is 3.14. The fourth-order valence-electron chi connectivity index (χ4n) is 2.19. The van der Waals surface area contributed by atoms with Crippen LogP contribution in [0.15, 0.2) is 12.2 Å². The molecule has 0 unspecified atom stereocenters. The van der Waals surface area contributed by atoms with Crippen molar-refractivity contribution in [3.63, 3.8) is 0 Å². The first-order valence-electron chi connectivity index (χ1n) is 7.63. The van der Waals surface area contributed by atoms with Crippen molar-refractivity contribution in [3.05, 3.63) is 12.2 Å². The van der Waals surface area contributed by atoms with Crippen LogP contribution in [0.2, 0.25) is 0 Å². The van der Waals surface area contributed by atoms with Crippen LogP contribution in [0.5, 0.6) is 0 Å². The van der Waals surface area contributed by atoms with Gasteiger partial charge in [0.1, 0.15) is 13.2 Å². The molecule has 0 aliphatic carbocycles. The predicted molar refractivity (Wildman–Crippen MR) is 81.0 cm³/mol. The predicted octanol–water partition coefficient (Wildman–Crippen LogP) is -1.32. The van der Waals surface area contributed by atoms with Gasteiger partial charge in [0, 0.05) is 38.3 Å². The standard InChI is InChI=1S/C14H20N4O6/c19-11(23-9-7-17-5-3-15-13(17)21)1-2-12(20)24-10-8-18-6-4-16-14(18)22/h1-2H,3-10H2,(H,15,21)(H,16,22). The zero-order valence-corrected chi connectivity index (χ0v) is 13.2. The van der Waals surface area contributed by atoms with E-state index in [1.807, 2.05) is 0 Å². The van der Waals surface area contributed by atoms with E-state index < -0.39 is 11.9 Å². The van der Waals surface area contributed by atoms with Crippen molar-refractivity contribution in [1.29, 1.82) is 0 Å². The summed E-state index contributed by atoms with van der Waals surface area (Å²) in [7, 11) is 0. The Hall–Kier alpha value is -2.78. The molecule has 0 aromatic carbocycles.